The lowest BCUT2D eigenvalue weighted by molar-refractivity contribution is 0.102. The second-order valence-electron chi connectivity index (χ2n) is 4.01. The molecule has 1 aromatic heterocycles. The first-order valence-corrected chi connectivity index (χ1v) is 5.83. The first kappa shape index (κ1) is 13.3. The van der Waals surface area contributed by atoms with E-state index >= 15 is 0 Å². The zero-order chi connectivity index (χ0) is 14.0. The van der Waals surface area contributed by atoms with E-state index in [9.17, 15) is 9.18 Å². The number of nitrogens with zero attached hydrogens (tertiary/aromatic N) is 1. The lowest BCUT2D eigenvalue weighted by atomic mass is 10.2. The standard InChI is InChI=1S/C13H11ClFN3O/c1-7-2-3-8(4-11(7)15)18-13(19)9-5-12(16)17-6-10(9)14/h2-6H,1H3,(H2,16,17)(H,18,19). The number of pyridine rings is 1. The van der Waals surface area contributed by atoms with Crippen LogP contribution in [0.1, 0.15) is 15.9 Å². The summed E-state index contributed by atoms with van der Waals surface area (Å²) in [6, 6.07) is 5.79. The molecule has 1 aromatic carbocycles. The van der Waals surface area contributed by atoms with Gasteiger partial charge in [-0.05, 0) is 30.7 Å². The topological polar surface area (TPSA) is 68.0 Å². The van der Waals surface area contributed by atoms with E-state index in [0.29, 0.717) is 11.3 Å². The van der Waals surface area contributed by atoms with Gasteiger partial charge in [-0.15, -0.1) is 0 Å². The third-order valence-corrected chi connectivity index (χ3v) is 2.85. The number of carbonyl (C=O) groups excluding carboxylic acids is 1. The number of rotatable bonds is 2. The smallest absolute Gasteiger partial charge is 0.257 e. The molecule has 0 spiro atoms. The third kappa shape index (κ3) is 3.00. The molecule has 6 heteroatoms. The molecule has 0 atom stereocenters. The molecule has 2 rings (SSSR count). The maximum atomic E-state index is 13.4. The average Bonchev–Trinajstić information content (AvgIpc) is 2.36. The Kier molecular flexibility index (Phi) is 3.66. The molecule has 0 bridgehead atoms. The van der Waals surface area contributed by atoms with Crippen LogP contribution in [0.5, 0.6) is 0 Å². The maximum Gasteiger partial charge on any atom is 0.257 e. The molecule has 0 saturated carbocycles. The van der Waals surface area contributed by atoms with Gasteiger partial charge in [0.2, 0.25) is 0 Å². The van der Waals surface area contributed by atoms with E-state index < -0.39 is 11.7 Å². The highest BCUT2D eigenvalue weighted by molar-refractivity contribution is 6.34. The normalized spacial score (nSPS) is 10.3. The Morgan fingerprint density at radius 3 is 2.84 bits per heavy atom. The van der Waals surface area contributed by atoms with Crippen molar-refractivity contribution < 1.29 is 9.18 Å². The summed E-state index contributed by atoms with van der Waals surface area (Å²) in [5, 5.41) is 2.73. The number of benzene rings is 1. The molecule has 98 valence electrons. The Morgan fingerprint density at radius 1 is 1.42 bits per heavy atom. The van der Waals surface area contributed by atoms with Gasteiger partial charge in [0.05, 0.1) is 10.6 Å². The monoisotopic (exact) mass is 279 g/mol. The van der Waals surface area contributed by atoms with E-state index in [4.69, 9.17) is 17.3 Å². The summed E-state index contributed by atoms with van der Waals surface area (Å²) in [6.07, 6.45) is 1.29. The van der Waals surface area contributed by atoms with Crippen LogP contribution >= 0.6 is 11.6 Å². The van der Waals surface area contributed by atoms with Gasteiger partial charge in [-0.25, -0.2) is 9.37 Å². The van der Waals surface area contributed by atoms with Crippen molar-refractivity contribution in [2.75, 3.05) is 11.1 Å². The zero-order valence-electron chi connectivity index (χ0n) is 10.1. The number of aromatic nitrogens is 1. The number of hydrogen-bond acceptors (Lipinski definition) is 3. The molecule has 0 unspecified atom stereocenters. The van der Waals surface area contributed by atoms with Crippen LogP contribution < -0.4 is 11.1 Å². The molecule has 2 aromatic rings. The van der Waals surface area contributed by atoms with Crippen molar-refractivity contribution in [2.45, 2.75) is 6.92 Å². The summed E-state index contributed by atoms with van der Waals surface area (Å²) in [6.45, 7) is 1.64. The van der Waals surface area contributed by atoms with E-state index in [-0.39, 0.29) is 16.4 Å². The van der Waals surface area contributed by atoms with Gasteiger partial charge in [-0.3, -0.25) is 4.79 Å². The van der Waals surface area contributed by atoms with Gasteiger partial charge < -0.3 is 11.1 Å². The highest BCUT2D eigenvalue weighted by Crippen LogP contribution is 2.19. The van der Waals surface area contributed by atoms with Gasteiger partial charge in [0.1, 0.15) is 11.6 Å². The largest absolute Gasteiger partial charge is 0.384 e. The van der Waals surface area contributed by atoms with E-state index in [1.54, 1.807) is 19.1 Å². The Balaban J connectivity index is 2.25. The van der Waals surface area contributed by atoms with Crippen LogP contribution in [-0.4, -0.2) is 10.9 Å². The summed E-state index contributed by atoms with van der Waals surface area (Å²) < 4.78 is 13.4. The predicted molar refractivity (Wildman–Crippen MR) is 72.7 cm³/mol. The van der Waals surface area contributed by atoms with Crippen LogP contribution in [0.4, 0.5) is 15.9 Å². The van der Waals surface area contributed by atoms with Crippen LogP contribution in [-0.2, 0) is 0 Å². The van der Waals surface area contributed by atoms with Crippen LogP contribution in [0, 0.1) is 12.7 Å². The van der Waals surface area contributed by atoms with Crippen LogP contribution in [0.15, 0.2) is 30.5 Å². The molecule has 0 aliphatic carbocycles. The summed E-state index contributed by atoms with van der Waals surface area (Å²) in [5.41, 5.74) is 6.53. The van der Waals surface area contributed by atoms with E-state index in [0.717, 1.165) is 0 Å². The highest BCUT2D eigenvalue weighted by Gasteiger charge is 2.12. The second-order valence-corrected chi connectivity index (χ2v) is 4.41. The Morgan fingerprint density at radius 2 is 2.16 bits per heavy atom. The minimum atomic E-state index is -0.470. The minimum Gasteiger partial charge on any atom is -0.384 e. The van der Waals surface area contributed by atoms with Gasteiger partial charge >= 0.3 is 0 Å². The molecule has 1 heterocycles. The van der Waals surface area contributed by atoms with E-state index in [2.05, 4.69) is 10.3 Å². The molecule has 3 N–H and O–H groups in total. The molecule has 19 heavy (non-hydrogen) atoms. The number of nitrogens with one attached hydrogen (secondary N) is 1. The Hall–Kier alpha value is -2.14. The van der Waals surface area contributed by atoms with Crippen LogP contribution in [0.3, 0.4) is 0 Å². The van der Waals surface area contributed by atoms with Crippen molar-refractivity contribution in [3.8, 4) is 0 Å². The van der Waals surface area contributed by atoms with Gasteiger partial charge in [0, 0.05) is 11.9 Å². The fourth-order valence-corrected chi connectivity index (χ4v) is 1.69. The summed E-state index contributed by atoms with van der Waals surface area (Å²) in [5.74, 6) is -0.676. The van der Waals surface area contributed by atoms with Crippen molar-refractivity contribution in [1.82, 2.24) is 4.98 Å². The number of nitrogen functional groups attached to an aromatic ring is 1. The first-order chi connectivity index (χ1) is 8.97. The highest BCUT2D eigenvalue weighted by atomic mass is 35.5. The summed E-state index contributed by atoms with van der Waals surface area (Å²) in [4.78, 5) is 15.7. The van der Waals surface area contributed by atoms with Gasteiger partial charge in [0.15, 0.2) is 0 Å². The fourth-order valence-electron chi connectivity index (χ4n) is 1.50. The summed E-state index contributed by atoms with van der Waals surface area (Å²) in [7, 11) is 0. The molecule has 0 aliphatic heterocycles. The lowest BCUT2D eigenvalue weighted by Crippen LogP contribution is -2.13. The lowest BCUT2D eigenvalue weighted by Gasteiger charge is -2.08. The molecule has 1 amide bonds. The average molecular weight is 280 g/mol. The van der Waals surface area contributed by atoms with Crippen molar-refractivity contribution in [1.29, 1.82) is 0 Å². The number of hydrogen-bond donors (Lipinski definition) is 2. The van der Waals surface area contributed by atoms with E-state index in [1.807, 2.05) is 0 Å². The second kappa shape index (κ2) is 5.24. The number of halogens is 2. The number of nitrogens with two attached hydrogens (primary N) is 1. The molecular weight excluding hydrogens is 269 g/mol. The molecule has 4 nitrogen and oxygen atoms in total. The first-order valence-electron chi connectivity index (χ1n) is 5.46. The fraction of sp³-hybridized carbons (Fsp3) is 0.0769. The number of amides is 1. The Labute approximate surface area is 114 Å². The predicted octanol–water partition coefficient (Wildman–Crippen LogP) is 3.02. The summed E-state index contributed by atoms with van der Waals surface area (Å²) >= 11 is 5.86. The van der Waals surface area contributed by atoms with Crippen molar-refractivity contribution in [3.63, 3.8) is 0 Å². The SMILES string of the molecule is Cc1ccc(NC(=O)c2cc(N)ncc2Cl)cc1F. The number of aryl methyl sites for hydroxylation is 1. The van der Waals surface area contributed by atoms with E-state index in [1.165, 1.54) is 18.3 Å². The number of carbonyl (C=O) groups is 1. The Bertz CT molecular complexity index is 646. The van der Waals surface area contributed by atoms with Gasteiger partial charge in [-0.1, -0.05) is 17.7 Å². The molecular formula is C13H11ClFN3O. The van der Waals surface area contributed by atoms with Crippen molar-refractivity contribution in [3.05, 3.63) is 52.4 Å². The van der Waals surface area contributed by atoms with Crippen molar-refractivity contribution >= 4 is 29.0 Å². The maximum absolute atomic E-state index is 13.4. The quantitative estimate of drug-likeness (QED) is 0.888. The van der Waals surface area contributed by atoms with Gasteiger partial charge in [0.25, 0.3) is 5.91 Å². The molecule has 0 saturated heterocycles. The van der Waals surface area contributed by atoms with Crippen LogP contribution in [0.2, 0.25) is 5.02 Å². The third-order valence-electron chi connectivity index (χ3n) is 2.55. The van der Waals surface area contributed by atoms with Crippen LogP contribution in [0.25, 0.3) is 0 Å². The molecule has 0 radical (unpaired) electrons. The van der Waals surface area contributed by atoms with Gasteiger partial charge in [-0.2, -0.15) is 0 Å². The van der Waals surface area contributed by atoms with Crippen molar-refractivity contribution in [2.24, 2.45) is 0 Å². The minimum absolute atomic E-state index is 0.180. The molecule has 0 aliphatic rings. The number of anilines is 2. The zero-order valence-corrected chi connectivity index (χ0v) is 10.8. The molecule has 0 fully saturated rings.